The van der Waals surface area contributed by atoms with E-state index in [0.29, 0.717) is 11.0 Å². The van der Waals surface area contributed by atoms with Gasteiger partial charge in [-0.05, 0) is 28.9 Å². The summed E-state index contributed by atoms with van der Waals surface area (Å²) in [5.74, 6) is 0.856. The molecule has 0 atom stereocenters. The second-order valence-corrected chi connectivity index (χ2v) is 4.62. The molecule has 0 spiro atoms. The van der Waals surface area contributed by atoms with Gasteiger partial charge in [-0.25, -0.2) is 4.98 Å². The van der Waals surface area contributed by atoms with Crippen LogP contribution in [0.2, 0.25) is 0 Å². The minimum absolute atomic E-state index is 0.0600. The summed E-state index contributed by atoms with van der Waals surface area (Å²) in [5.41, 5.74) is 1.82. The van der Waals surface area contributed by atoms with Crippen molar-refractivity contribution >= 4 is 27.3 Å². The number of nitro groups is 1. The van der Waals surface area contributed by atoms with E-state index in [-0.39, 0.29) is 5.69 Å². The van der Waals surface area contributed by atoms with Crippen molar-refractivity contribution in [2.45, 2.75) is 13.5 Å². The van der Waals surface area contributed by atoms with Gasteiger partial charge in [-0.3, -0.25) is 10.1 Å². The van der Waals surface area contributed by atoms with Crippen LogP contribution < -0.4 is 5.32 Å². The normalized spacial score (nSPS) is 10.3. The number of nitrogens with zero attached hydrogens (tertiary/aromatic N) is 2. The zero-order valence-corrected chi connectivity index (χ0v) is 11.2. The summed E-state index contributed by atoms with van der Waals surface area (Å²) in [7, 11) is 0. The first kappa shape index (κ1) is 12.6. The second-order valence-electron chi connectivity index (χ2n) is 3.77. The van der Waals surface area contributed by atoms with E-state index in [1.165, 1.54) is 12.1 Å². The molecule has 0 fully saturated rings. The van der Waals surface area contributed by atoms with Crippen LogP contribution in [0.25, 0.3) is 0 Å². The van der Waals surface area contributed by atoms with E-state index < -0.39 is 4.92 Å². The van der Waals surface area contributed by atoms with Crippen molar-refractivity contribution in [3.8, 4) is 0 Å². The first-order valence-electron chi connectivity index (χ1n) is 5.24. The third kappa shape index (κ3) is 2.86. The van der Waals surface area contributed by atoms with Gasteiger partial charge in [-0.2, -0.15) is 0 Å². The number of nitro benzene ring substituents is 1. The van der Waals surface area contributed by atoms with E-state index >= 15 is 0 Å². The molecule has 1 aromatic heterocycles. The summed E-state index contributed by atoms with van der Waals surface area (Å²) in [6.45, 7) is 2.46. The van der Waals surface area contributed by atoms with Crippen LogP contribution in [0.4, 0.5) is 11.4 Å². The molecule has 0 saturated carbocycles. The molecular weight excluding hydrogens is 300 g/mol. The van der Waals surface area contributed by atoms with Crippen LogP contribution >= 0.6 is 15.9 Å². The minimum atomic E-state index is -0.424. The molecule has 94 valence electrons. The zero-order chi connectivity index (χ0) is 13.1. The van der Waals surface area contributed by atoms with Crippen molar-refractivity contribution in [1.29, 1.82) is 0 Å². The van der Waals surface area contributed by atoms with E-state index in [2.05, 4.69) is 31.2 Å². The highest BCUT2D eigenvalue weighted by molar-refractivity contribution is 9.10. The number of hydrogen-bond donors (Lipinski definition) is 2. The van der Waals surface area contributed by atoms with E-state index in [4.69, 9.17) is 0 Å². The molecule has 0 unspecified atom stereocenters. The minimum Gasteiger partial charge on any atom is -0.378 e. The predicted molar refractivity (Wildman–Crippen MR) is 71.4 cm³/mol. The standard InChI is InChI=1S/C11H11BrN4O2/c1-7-13-5-8(15-7)6-14-11-3-2-9(16(17)18)4-10(11)12/h2-5,14H,6H2,1H3,(H,13,15). The van der Waals surface area contributed by atoms with Crippen molar-refractivity contribution in [2.24, 2.45) is 0 Å². The fourth-order valence-corrected chi connectivity index (χ4v) is 2.02. The van der Waals surface area contributed by atoms with Gasteiger partial charge in [0.05, 0.1) is 23.4 Å². The van der Waals surface area contributed by atoms with Gasteiger partial charge in [-0.1, -0.05) is 0 Å². The van der Waals surface area contributed by atoms with Gasteiger partial charge in [0.2, 0.25) is 0 Å². The number of aromatic nitrogens is 2. The van der Waals surface area contributed by atoms with Crippen LogP contribution in [0, 0.1) is 17.0 Å². The van der Waals surface area contributed by atoms with Gasteiger partial charge in [0, 0.05) is 22.3 Å². The summed E-state index contributed by atoms with van der Waals surface area (Å²) in [5, 5.41) is 13.8. The lowest BCUT2D eigenvalue weighted by atomic mass is 10.3. The monoisotopic (exact) mass is 310 g/mol. The average molecular weight is 311 g/mol. The number of anilines is 1. The summed E-state index contributed by atoms with van der Waals surface area (Å²) in [6, 6.07) is 4.61. The van der Waals surface area contributed by atoms with Crippen LogP contribution in [0.15, 0.2) is 28.9 Å². The fraction of sp³-hybridized carbons (Fsp3) is 0.182. The Labute approximate surface area is 112 Å². The van der Waals surface area contributed by atoms with Gasteiger partial charge < -0.3 is 10.3 Å². The van der Waals surface area contributed by atoms with E-state index in [0.717, 1.165) is 17.2 Å². The number of non-ortho nitro benzene ring substituents is 1. The summed E-state index contributed by atoms with van der Waals surface area (Å²) in [4.78, 5) is 17.4. The van der Waals surface area contributed by atoms with Crippen LogP contribution in [0.1, 0.15) is 11.5 Å². The molecule has 0 radical (unpaired) electrons. The Morgan fingerprint density at radius 1 is 1.56 bits per heavy atom. The SMILES string of the molecule is Cc1ncc(CNc2ccc([N+](=O)[O-])cc2Br)[nH]1. The van der Waals surface area contributed by atoms with Crippen molar-refractivity contribution in [1.82, 2.24) is 9.97 Å². The van der Waals surface area contributed by atoms with E-state index in [9.17, 15) is 10.1 Å². The third-order valence-electron chi connectivity index (χ3n) is 2.39. The van der Waals surface area contributed by atoms with Gasteiger partial charge in [0.25, 0.3) is 5.69 Å². The molecular formula is C11H11BrN4O2. The highest BCUT2D eigenvalue weighted by Gasteiger charge is 2.08. The third-order valence-corrected chi connectivity index (χ3v) is 3.04. The molecule has 2 aromatic rings. The molecule has 0 aliphatic rings. The number of rotatable bonds is 4. The lowest BCUT2D eigenvalue weighted by Gasteiger charge is -2.06. The van der Waals surface area contributed by atoms with Crippen molar-refractivity contribution in [2.75, 3.05) is 5.32 Å². The summed E-state index contributed by atoms with van der Waals surface area (Å²) >= 11 is 3.30. The number of benzene rings is 1. The number of aromatic amines is 1. The molecule has 2 rings (SSSR count). The highest BCUT2D eigenvalue weighted by Crippen LogP contribution is 2.27. The summed E-state index contributed by atoms with van der Waals surface area (Å²) in [6.07, 6.45) is 1.75. The maximum Gasteiger partial charge on any atom is 0.270 e. The molecule has 0 bridgehead atoms. The molecule has 1 aromatic carbocycles. The first-order chi connectivity index (χ1) is 8.56. The van der Waals surface area contributed by atoms with E-state index in [1.54, 1.807) is 12.3 Å². The average Bonchev–Trinajstić information content (AvgIpc) is 2.73. The molecule has 0 amide bonds. The number of halogens is 1. The molecule has 0 saturated heterocycles. The first-order valence-corrected chi connectivity index (χ1v) is 6.04. The Balaban J connectivity index is 2.08. The Hall–Kier alpha value is -1.89. The number of aryl methyl sites for hydroxylation is 1. The van der Waals surface area contributed by atoms with Crippen molar-refractivity contribution < 1.29 is 4.92 Å². The van der Waals surface area contributed by atoms with Gasteiger partial charge in [0.1, 0.15) is 5.82 Å². The molecule has 0 aliphatic heterocycles. The predicted octanol–water partition coefficient (Wildman–Crippen LogP) is 3.00. The molecule has 18 heavy (non-hydrogen) atoms. The van der Waals surface area contributed by atoms with Crippen LogP contribution in [-0.4, -0.2) is 14.9 Å². The van der Waals surface area contributed by atoms with Crippen molar-refractivity contribution in [3.05, 3.63) is 50.5 Å². The Morgan fingerprint density at radius 2 is 2.33 bits per heavy atom. The lowest BCUT2D eigenvalue weighted by Crippen LogP contribution is -2.00. The van der Waals surface area contributed by atoms with Crippen LogP contribution in [0.5, 0.6) is 0 Å². The Kier molecular flexibility index (Phi) is 3.61. The van der Waals surface area contributed by atoms with Crippen molar-refractivity contribution in [3.63, 3.8) is 0 Å². The largest absolute Gasteiger partial charge is 0.378 e. The number of nitrogens with one attached hydrogen (secondary N) is 2. The second kappa shape index (κ2) is 5.18. The van der Waals surface area contributed by atoms with Gasteiger partial charge >= 0.3 is 0 Å². The molecule has 1 heterocycles. The van der Waals surface area contributed by atoms with Gasteiger partial charge in [0.15, 0.2) is 0 Å². The molecule has 2 N–H and O–H groups in total. The maximum absolute atomic E-state index is 10.6. The zero-order valence-electron chi connectivity index (χ0n) is 9.61. The fourth-order valence-electron chi connectivity index (χ4n) is 1.51. The maximum atomic E-state index is 10.6. The smallest absolute Gasteiger partial charge is 0.270 e. The number of hydrogen-bond acceptors (Lipinski definition) is 4. The highest BCUT2D eigenvalue weighted by atomic mass is 79.9. The summed E-state index contributed by atoms with van der Waals surface area (Å²) < 4.78 is 0.660. The molecule has 7 heteroatoms. The quantitative estimate of drug-likeness (QED) is 0.671. The topological polar surface area (TPSA) is 83.8 Å². The van der Waals surface area contributed by atoms with Gasteiger partial charge in [-0.15, -0.1) is 0 Å². The number of imidazole rings is 1. The molecule has 6 nitrogen and oxygen atoms in total. The lowest BCUT2D eigenvalue weighted by molar-refractivity contribution is -0.384. The Bertz CT molecular complexity index is 582. The number of H-pyrrole nitrogens is 1. The van der Waals surface area contributed by atoms with Crippen LogP contribution in [0.3, 0.4) is 0 Å². The van der Waals surface area contributed by atoms with Crippen LogP contribution in [-0.2, 0) is 6.54 Å². The molecule has 0 aliphatic carbocycles. The van der Waals surface area contributed by atoms with E-state index in [1.807, 2.05) is 6.92 Å². The Morgan fingerprint density at radius 3 is 2.89 bits per heavy atom.